The Morgan fingerprint density at radius 1 is 0.974 bits per heavy atom. The van der Waals surface area contributed by atoms with Crippen molar-refractivity contribution in [1.82, 2.24) is 24.4 Å². The maximum absolute atomic E-state index is 15.3. The van der Waals surface area contributed by atoms with Crippen LogP contribution >= 0.6 is 0 Å². The summed E-state index contributed by atoms with van der Waals surface area (Å²) in [6.45, 7) is 5.93. The fourth-order valence-corrected chi connectivity index (χ4v) is 4.21. The number of carbonyl (C=O) groups is 1. The number of carbonyl (C=O) groups excluding carboxylic acids is 1. The van der Waals surface area contributed by atoms with Crippen LogP contribution in [0.1, 0.15) is 0 Å². The molecule has 1 saturated heterocycles. The molecule has 2 N–H and O–H groups in total. The zero-order chi connectivity index (χ0) is 27.7. The number of likely N-dealkylation sites (N-methyl/N-ethyl adjacent to an activating group) is 1. The van der Waals surface area contributed by atoms with Crippen molar-refractivity contribution in [3.63, 3.8) is 0 Å². The molecule has 10 nitrogen and oxygen atoms in total. The maximum Gasteiger partial charge on any atom is 0.283 e. The van der Waals surface area contributed by atoms with Gasteiger partial charge >= 0.3 is 0 Å². The number of nitrogens with zero attached hydrogens (tertiary/aromatic N) is 6. The molecule has 200 valence electrons. The molecule has 1 amide bonds. The van der Waals surface area contributed by atoms with Crippen LogP contribution in [0.2, 0.25) is 0 Å². The third kappa shape index (κ3) is 5.03. The van der Waals surface area contributed by atoms with Gasteiger partial charge < -0.3 is 20.4 Å². The molecule has 0 spiro atoms. The SMILES string of the molecule is C=CC(=O)Nc1cccc(-n2cnc(=O)c3cnc(Nc4ccc(N5CCN(C)CC5)c(F)c4F)nc32)c1F. The molecule has 0 radical (unpaired) electrons. The van der Waals surface area contributed by atoms with Gasteiger partial charge in [-0.2, -0.15) is 9.97 Å². The standard InChI is InChI=1S/C26H23F3N8O2/c1-3-20(38)32-16-5-4-6-19(21(16)27)37-14-31-25(39)15-13-30-26(34-24(15)37)33-17-7-8-18(23(29)22(17)28)36-11-9-35(2)10-12-36/h3-8,13-14H,1,9-12H2,2H3,(H,32,38)(H,30,33,34). The third-order valence-corrected chi connectivity index (χ3v) is 6.35. The smallest absolute Gasteiger partial charge is 0.283 e. The lowest BCUT2D eigenvalue weighted by atomic mass is 10.2. The van der Waals surface area contributed by atoms with Crippen molar-refractivity contribution < 1.29 is 18.0 Å². The van der Waals surface area contributed by atoms with Gasteiger partial charge in [0, 0.05) is 32.4 Å². The summed E-state index contributed by atoms with van der Waals surface area (Å²) in [5, 5.41) is 4.96. The Labute approximate surface area is 220 Å². The lowest BCUT2D eigenvalue weighted by molar-refractivity contribution is -0.111. The van der Waals surface area contributed by atoms with Crippen LogP contribution in [-0.2, 0) is 4.79 Å². The number of rotatable bonds is 6. The number of fused-ring (bicyclic) bond motifs is 1. The number of anilines is 4. The predicted octanol–water partition coefficient (Wildman–Crippen LogP) is 3.21. The van der Waals surface area contributed by atoms with Gasteiger partial charge in [-0.15, -0.1) is 0 Å². The van der Waals surface area contributed by atoms with Crippen LogP contribution in [0.4, 0.5) is 36.2 Å². The largest absolute Gasteiger partial charge is 0.367 e. The number of amides is 1. The minimum absolute atomic E-state index is 0.0416. The first-order valence-corrected chi connectivity index (χ1v) is 11.9. The summed E-state index contributed by atoms with van der Waals surface area (Å²) < 4.78 is 46.5. The van der Waals surface area contributed by atoms with Gasteiger partial charge in [0.15, 0.2) is 23.1 Å². The van der Waals surface area contributed by atoms with E-state index in [1.54, 1.807) is 4.90 Å². The minimum atomic E-state index is -1.11. The van der Waals surface area contributed by atoms with Crippen LogP contribution in [-0.4, -0.2) is 63.6 Å². The van der Waals surface area contributed by atoms with E-state index in [0.29, 0.717) is 13.1 Å². The molecule has 0 unspecified atom stereocenters. The van der Waals surface area contributed by atoms with Crippen molar-refractivity contribution >= 4 is 40.0 Å². The molecule has 5 rings (SSSR count). The van der Waals surface area contributed by atoms with E-state index in [0.717, 1.165) is 31.7 Å². The second-order valence-electron chi connectivity index (χ2n) is 8.86. The van der Waals surface area contributed by atoms with Crippen molar-refractivity contribution in [2.75, 3.05) is 48.8 Å². The fraction of sp³-hybridized carbons (Fsp3) is 0.192. The summed E-state index contributed by atoms with van der Waals surface area (Å²) in [5.74, 6) is -3.72. The summed E-state index contributed by atoms with van der Waals surface area (Å²) in [6.07, 6.45) is 3.22. The van der Waals surface area contributed by atoms with Crippen LogP contribution in [0.5, 0.6) is 0 Å². The van der Waals surface area contributed by atoms with Gasteiger partial charge in [-0.05, 0) is 37.4 Å². The average molecular weight is 537 g/mol. The van der Waals surface area contributed by atoms with Crippen molar-refractivity contribution in [3.8, 4) is 5.69 Å². The molecule has 2 aromatic heterocycles. The van der Waals surface area contributed by atoms with Crippen molar-refractivity contribution in [3.05, 3.63) is 83.3 Å². The first kappa shape index (κ1) is 25.9. The summed E-state index contributed by atoms with van der Waals surface area (Å²) in [7, 11) is 1.96. The molecule has 0 bridgehead atoms. The summed E-state index contributed by atoms with van der Waals surface area (Å²) in [6, 6.07) is 7.09. The molecule has 3 heterocycles. The number of piperazine rings is 1. The topological polar surface area (TPSA) is 108 Å². The van der Waals surface area contributed by atoms with Gasteiger partial charge in [0.05, 0.1) is 22.7 Å². The number of halogens is 3. The highest BCUT2D eigenvalue weighted by Gasteiger charge is 2.22. The Morgan fingerprint density at radius 2 is 1.74 bits per heavy atom. The molecule has 1 aliphatic heterocycles. The van der Waals surface area contributed by atoms with Gasteiger partial charge in [0.2, 0.25) is 11.9 Å². The van der Waals surface area contributed by atoms with Crippen molar-refractivity contribution in [2.45, 2.75) is 0 Å². The zero-order valence-electron chi connectivity index (χ0n) is 20.8. The van der Waals surface area contributed by atoms with Crippen LogP contribution < -0.4 is 21.1 Å². The van der Waals surface area contributed by atoms with E-state index in [-0.39, 0.29) is 39.7 Å². The van der Waals surface area contributed by atoms with E-state index in [2.05, 4.69) is 37.1 Å². The summed E-state index contributed by atoms with van der Waals surface area (Å²) in [5.41, 5.74) is -0.980. The van der Waals surface area contributed by atoms with E-state index >= 15 is 8.78 Å². The molecular formula is C26H23F3N8O2. The van der Waals surface area contributed by atoms with E-state index in [1.807, 2.05) is 7.05 Å². The molecule has 2 aromatic carbocycles. The average Bonchev–Trinajstić information content (AvgIpc) is 2.93. The molecular weight excluding hydrogens is 513 g/mol. The highest BCUT2D eigenvalue weighted by atomic mass is 19.2. The van der Waals surface area contributed by atoms with E-state index in [4.69, 9.17) is 0 Å². The monoisotopic (exact) mass is 536 g/mol. The Hall–Kier alpha value is -4.78. The molecule has 4 aromatic rings. The Bertz CT molecular complexity index is 1650. The van der Waals surface area contributed by atoms with E-state index < -0.39 is 28.9 Å². The fourth-order valence-electron chi connectivity index (χ4n) is 4.21. The molecule has 1 aliphatic rings. The Balaban J connectivity index is 1.51. The highest BCUT2D eigenvalue weighted by Crippen LogP contribution is 2.29. The molecule has 0 saturated carbocycles. The maximum atomic E-state index is 15.3. The minimum Gasteiger partial charge on any atom is -0.367 e. The van der Waals surface area contributed by atoms with Crippen molar-refractivity contribution in [2.24, 2.45) is 0 Å². The van der Waals surface area contributed by atoms with Gasteiger partial charge in [0.1, 0.15) is 11.7 Å². The van der Waals surface area contributed by atoms with E-state index in [1.165, 1.54) is 34.9 Å². The number of aromatic nitrogens is 4. The second-order valence-corrected chi connectivity index (χ2v) is 8.86. The van der Waals surface area contributed by atoms with Crippen LogP contribution in [0.25, 0.3) is 16.7 Å². The predicted molar refractivity (Wildman–Crippen MR) is 141 cm³/mol. The lowest BCUT2D eigenvalue weighted by Crippen LogP contribution is -2.44. The van der Waals surface area contributed by atoms with Crippen LogP contribution in [0.15, 0.2) is 60.3 Å². The summed E-state index contributed by atoms with van der Waals surface area (Å²) >= 11 is 0. The van der Waals surface area contributed by atoms with Gasteiger partial charge in [-0.3, -0.25) is 14.2 Å². The summed E-state index contributed by atoms with van der Waals surface area (Å²) in [4.78, 5) is 40.0. The molecule has 13 heteroatoms. The second kappa shape index (κ2) is 10.5. The molecule has 0 aliphatic carbocycles. The quantitative estimate of drug-likeness (QED) is 0.362. The molecule has 1 fully saturated rings. The normalized spacial score (nSPS) is 13.9. The molecule has 0 atom stereocenters. The first-order chi connectivity index (χ1) is 18.8. The van der Waals surface area contributed by atoms with Crippen LogP contribution in [0.3, 0.4) is 0 Å². The number of hydrogen-bond acceptors (Lipinski definition) is 8. The number of hydrogen-bond donors (Lipinski definition) is 2. The number of benzene rings is 2. The van der Waals surface area contributed by atoms with Crippen LogP contribution in [0, 0.1) is 17.5 Å². The Kier molecular flexibility index (Phi) is 6.98. The zero-order valence-corrected chi connectivity index (χ0v) is 20.8. The van der Waals surface area contributed by atoms with Gasteiger partial charge in [-0.25, -0.2) is 18.2 Å². The van der Waals surface area contributed by atoms with Crippen molar-refractivity contribution in [1.29, 1.82) is 0 Å². The number of nitrogens with one attached hydrogen (secondary N) is 2. The Morgan fingerprint density at radius 3 is 2.49 bits per heavy atom. The molecule has 39 heavy (non-hydrogen) atoms. The van der Waals surface area contributed by atoms with E-state index in [9.17, 15) is 14.0 Å². The highest BCUT2D eigenvalue weighted by molar-refractivity contribution is 5.99. The lowest BCUT2D eigenvalue weighted by Gasteiger charge is -2.34. The van der Waals surface area contributed by atoms with Gasteiger partial charge in [0.25, 0.3) is 5.56 Å². The first-order valence-electron chi connectivity index (χ1n) is 11.9. The third-order valence-electron chi connectivity index (χ3n) is 6.35. The van der Waals surface area contributed by atoms with Gasteiger partial charge in [-0.1, -0.05) is 12.6 Å².